The molecule has 1 aromatic carbocycles. The Balaban J connectivity index is 1.93. The van der Waals surface area contributed by atoms with Crippen LogP contribution in [0.3, 0.4) is 0 Å². The monoisotopic (exact) mass is 304 g/mol. The molecule has 2 rings (SSSR count). The first-order valence-electron chi connectivity index (χ1n) is 7.60. The van der Waals surface area contributed by atoms with Gasteiger partial charge in [-0.2, -0.15) is 0 Å². The fraction of sp³-hybridized carbons (Fsp3) is 0.500. The van der Waals surface area contributed by atoms with Crippen molar-refractivity contribution >= 4 is 11.9 Å². The molecule has 0 heterocycles. The summed E-state index contributed by atoms with van der Waals surface area (Å²) in [7, 11) is 0. The highest BCUT2D eigenvalue weighted by Crippen LogP contribution is 2.31. The van der Waals surface area contributed by atoms with Crippen molar-refractivity contribution in [2.24, 2.45) is 17.4 Å². The van der Waals surface area contributed by atoms with Gasteiger partial charge in [0.25, 0.3) is 0 Å². The number of nitrogens with two attached hydrogens (primary N) is 2. The largest absolute Gasteiger partial charge is 0.354 e. The van der Waals surface area contributed by atoms with Gasteiger partial charge >= 0.3 is 6.03 Å². The van der Waals surface area contributed by atoms with Crippen LogP contribution in [0, 0.1) is 12.8 Å². The summed E-state index contributed by atoms with van der Waals surface area (Å²) >= 11 is 0. The first-order chi connectivity index (χ1) is 10.5. The molecule has 1 aliphatic rings. The Hall–Kier alpha value is -2.08. The van der Waals surface area contributed by atoms with Crippen LogP contribution in [0.2, 0.25) is 0 Å². The van der Waals surface area contributed by atoms with E-state index in [2.05, 4.69) is 10.6 Å². The van der Waals surface area contributed by atoms with Crippen LogP contribution in [0.15, 0.2) is 24.3 Å². The first-order valence-corrected chi connectivity index (χ1v) is 7.60. The molecule has 1 fully saturated rings. The Morgan fingerprint density at radius 3 is 2.68 bits per heavy atom. The number of primary amides is 1. The van der Waals surface area contributed by atoms with E-state index in [0.29, 0.717) is 12.5 Å². The highest BCUT2D eigenvalue weighted by Gasteiger charge is 2.28. The molecule has 1 aromatic rings. The van der Waals surface area contributed by atoms with Crippen LogP contribution < -0.4 is 22.1 Å². The average Bonchev–Trinajstić information content (AvgIpc) is 3.28. The van der Waals surface area contributed by atoms with Crippen molar-refractivity contribution in [1.29, 1.82) is 0 Å². The molecular formula is C16H24N4O2. The summed E-state index contributed by atoms with van der Waals surface area (Å²) < 4.78 is 0. The third kappa shape index (κ3) is 5.04. The molecule has 0 saturated heterocycles. The molecule has 6 N–H and O–H groups in total. The number of benzene rings is 1. The molecule has 2 atom stereocenters. The van der Waals surface area contributed by atoms with Crippen LogP contribution in [-0.4, -0.2) is 24.5 Å². The molecule has 3 amide bonds. The van der Waals surface area contributed by atoms with Gasteiger partial charge < -0.3 is 22.1 Å². The Bertz CT molecular complexity index is 543. The Morgan fingerprint density at radius 2 is 2.09 bits per heavy atom. The van der Waals surface area contributed by atoms with Crippen molar-refractivity contribution in [3.63, 3.8) is 0 Å². The summed E-state index contributed by atoms with van der Waals surface area (Å²) in [6.45, 7) is 2.43. The zero-order valence-corrected chi connectivity index (χ0v) is 12.8. The number of carbonyl (C=O) groups is 2. The van der Waals surface area contributed by atoms with E-state index in [1.54, 1.807) is 0 Å². The maximum absolute atomic E-state index is 12.1. The van der Waals surface area contributed by atoms with E-state index in [4.69, 9.17) is 11.5 Å². The zero-order chi connectivity index (χ0) is 16.1. The lowest BCUT2D eigenvalue weighted by molar-refractivity contribution is -0.121. The summed E-state index contributed by atoms with van der Waals surface area (Å²) in [5, 5.41) is 5.46. The highest BCUT2D eigenvalue weighted by molar-refractivity contribution is 5.78. The molecule has 0 spiro atoms. The minimum absolute atomic E-state index is 0.0190. The third-order valence-electron chi connectivity index (χ3n) is 3.91. The minimum atomic E-state index is -0.644. The van der Waals surface area contributed by atoms with Crippen molar-refractivity contribution in [1.82, 2.24) is 10.6 Å². The number of nitrogens with one attached hydrogen (secondary N) is 2. The second kappa shape index (κ2) is 7.26. The van der Waals surface area contributed by atoms with Crippen molar-refractivity contribution in [3.05, 3.63) is 35.4 Å². The summed E-state index contributed by atoms with van der Waals surface area (Å²) in [4.78, 5) is 23.3. The summed E-state index contributed by atoms with van der Waals surface area (Å²) in [5.41, 5.74) is 13.1. The summed E-state index contributed by atoms with van der Waals surface area (Å²) in [5.74, 6) is 0.396. The van der Waals surface area contributed by atoms with Crippen LogP contribution in [0.25, 0.3) is 0 Å². The lowest BCUT2D eigenvalue weighted by atomic mass is 10.0. The van der Waals surface area contributed by atoms with Crippen LogP contribution in [0.1, 0.15) is 36.4 Å². The highest BCUT2D eigenvalue weighted by atomic mass is 16.2. The third-order valence-corrected chi connectivity index (χ3v) is 3.91. The Kier molecular flexibility index (Phi) is 5.38. The zero-order valence-electron chi connectivity index (χ0n) is 12.8. The van der Waals surface area contributed by atoms with Crippen LogP contribution in [0.4, 0.5) is 4.79 Å². The van der Waals surface area contributed by atoms with E-state index in [0.717, 1.165) is 24.0 Å². The maximum Gasteiger partial charge on any atom is 0.312 e. The van der Waals surface area contributed by atoms with Crippen LogP contribution >= 0.6 is 0 Å². The topological polar surface area (TPSA) is 110 Å². The molecule has 0 aliphatic heterocycles. The molecular weight excluding hydrogens is 280 g/mol. The molecule has 2 unspecified atom stereocenters. The lowest BCUT2D eigenvalue weighted by Gasteiger charge is -2.19. The van der Waals surface area contributed by atoms with Gasteiger partial charge in [-0.3, -0.25) is 4.79 Å². The molecule has 0 aromatic heterocycles. The second-order valence-corrected chi connectivity index (χ2v) is 5.98. The molecule has 22 heavy (non-hydrogen) atoms. The van der Waals surface area contributed by atoms with Gasteiger partial charge in [-0.1, -0.05) is 29.8 Å². The van der Waals surface area contributed by atoms with E-state index in [1.807, 2.05) is 31.2 Å². The second-order valence-electron chi connectivity index (χ2n) is 5.98. The predicted molar refractivity (Wildman–Crippen MR) is 85.0 cm³/mol. The van der Waals surface area contributed by atoms with Gasteiger partial charge in [0.05, 0.1) is 12.5 Å². The fourth-order valence-corrected chi connectivity index (χ4v) is 2.49. The average molecular weight is 304 g/mol. The van der Waals surface area contributed by atoms with Crippen molar-refractivity contribution < 1.29 is 9.59 Å². The van der Waals surface area contributed by atoms with E-state index in [1.165, 1.54) is 0 Å². The molecule has 6 heteroatoms. The van der Waals surface area contributed by atoms with Gasteiger partial charge in [-0.25, -0.2) is 4.79 Å². The van der Waals surface area contributed by atoms with E-state index >= 15 is 0 Å². The number of hydrogen-bond acceptors (Lipinski definition) is 3. The molecule has 120 valence electrons. The number of aryl methyl sites for hydroxylation is 1. The number of rotatable bonds is 7. The van der Waals surface area contributed by atoms with E-state index in [-0.39, 0.29) is 18.4 Å². The summed E-state index contributed by atoms with van der Waals surface area (Å²) in [6, 6.07) is 6.59. The normalized spacial score (nSPS) is 16.6. The van der Waals surface area contributed by atoms with Crippen molar-refractivity contribution in [2.75, 3.05) is 6.54 Å². The van der Waals surface area contributed by atoms with Gasteiger partial charge in [0.2, 0.25) is 5.91 Å². The number of urea groups is 1. The number of amides is 3. The van der Waals surface area contributed by atoms with Gasteiger partial charge in [-0.15, -0.1) is 0 Å². The quantitative estimate of drug-likeness (QED) is 0.602. The predicted octanol–water partition coefficient (Wildman–Crippen LogP) is 0.948. The molecule has 0 bridgehead atoms. The molecule has 1 aliphatic carbocycles. The smallest absolute Gasteiger partial charge is 0.312 e. The Labute approximate surface area is 130 Å². The molecule has 0 radical (unpaired) electrons. The molecule has 1 saturated carbocycles. The van der Waals surface area contributed by atoms with E-state index in [9.17, 15) is 9.59 Å². The number of hydrogen-bond donors (Lipinski definition) is 4. The van der Waals surface area contributed by atoms with Crippen molar-refractivity contribution in [2.45, 2.75) is 38.3 Å². The fourth-order valence-electron chi connectivity index (χ4n) is 2.49. The standard InChI is InChI=1S/C16H24N4O2/c1-10-3-2-4-12(7-10)14(20-16(18)22)8-15(21)19-9-13(17)11-5-6-11/h2-4,7,11,13-14H,5-6,8-9,17H2,1H3,(H,19,21)(H3,18,20,22). The lowest BCUT2D eigenvalue weighted by Crippen LogP contribution is -2.41. The SMILES string of the molecule is Cc1cccc(C(CC(=O)NCC(N)C2CC2)NC(N)=O)c1. The van der Waals surface area contributed by atoms with Crippen LogP contribution in [0.5, 0.6) is 0 Å². The van der Waals surface area contributed by atoms with Crippen LogP contribution in [-0.2, 0) is 4.79 Å². The Morgan fingerprint density at radius 1 is 1.36 bits per heavy atom. The molecule has 6 nitrogen and oxygen atoms in total. The van der Waals surface area contributed by atoms with Crippen molar-refractivity contribution in [3.8, 4) is 0 Å². The van der Waals surface area contributed by atoms with Gasteiger partial charge in [0.1, 0.15) is 0 Å². The van der Waals surface area contributed by atoms with E-state index < -0.39 is 12.1 Å². The first kappa shape index (κ1) is 16.3. The van der Waals surface area contributed by atoms with Gasteiger partial charge in [-0.05, 0) is 31.2 Å². The maximum atomic E-state index is 12.1. The van der Waals surface area contributed by atoms with Gasteiger partial charge in [0.15, 0.2) is 0 Å². The van der Waals surface area contributed by atoms with Gasteiger partial charge in [0, 0.05) is 12.6 Å². The minimum Gasteiger partial charge on any atom is -0.354 e. The number of carbonyl (C=O) groups excluding carboxylic acids is 2. The summed E-state index contributed by atoms with van der Waals surface area (Å²) in [6.07, 6.45) is 2.43.